The van der Waals surface area contributed by atoms with Crippen molar-refractivity contribution in [1.29, 1.82) is 0 Å². The van der Waals surface area contributed by atoms with E-state index in [0.29, 0.717) is 6.04 Å². The molecule has 0 atom stereocenters. The average Bonchev–Trinajstić information content (AvgIpc) is 3.01. The van der Waals surface area contributed by atoms with E-state index in [1.165, 1.54) is 5.56 Å². The van der Waals surface area contributed by atoms with Gasteiger partial charge in [0.05, 0.1) is 17.9 Å². The van der Waals surface area contributed by atoms with Gasteiger partial charge in [-0.25, -0.2) is 4.68 Å². The van der Waals surface area contributed by atoms with Crippen LogP contribution < -0.4 is 5.32 Å². The highest BCUT2D eigenvalue weighted by Gasteiger charge is 2.19. The Bertz CT molecular complexity index is 442. The Hall–Kier alpha value is -1.20. The molecule has 4 nitrogen and oxygen atoms in total. The van der Waals surface area contributed by atoms with E-state index in [1.54, 1.807) is 11.3 Å². The summed E-state index contributed by atoms with van der Waals surface area (Å²) < 4.78 is 2.09. The van der Waals surface area contributed by atoms with E-state index in [1.807, 2.05) is 6.20 Å². The Morgan fingerprint density at radius 3 is 3.00 bits per heavy atom. The maximum Gasteiger partial charge on any atom is 0.0897 e. The van der Waals surface area contributed by atoms with Gasteiger partial charge >= 0.3 is 0 Å². The lowest BCUT2D eigenvalue weighted by Gasteiger charge is -2.23. The number of hydrogen-bond acceptors (Lipinski definition) is 4. The molecule has 2 aromatic rings. The predicted molar refractivity (Wildman–Crippen MR) is 64.5 cm³/mol. The summed E-state index contributed by atoms with van der Waals surface area (Å²) in [5.74, 6) is 0. The van der Waals surface area contributed by atoms with E-state index < -0.39 is 0 Å². The summed E-state index contributed by atoms with van der Waals surface area (Å²) >= 11 is 1.71. The highest BCUT2D eigenvalue weighted by molar-refractivity contribution is 7.08. The van der Waals surface area contributed by atoms with Crippen molar-refractivity contribution in [2.75, 3.05) is 13.1 Å². The van der Waals surface area contributed by atoms with E-state index in [-0.39, 0.29) is 0 Å². The molecule has 0 radical (unpaired) electrons. The number of nitrogens with zero attached hydrogens (tertiary/aromatic N) is 3. The minimum atomic E-state index is 0.499. The van der Waals surface area contributed by atoms with Crippen LogP contribution in [0, 0.1) is 0 Å². The van der Waals surface area contributed by atoms with Gasteiger partial charge in [0, 0.05) is 10.9 Å². The highest BCUT2D eigenvalue weighted by Crippen LogP contribution is 2.26. The summed E-state index contributed by atoms with van der Waals surface area (Å²) in [5.41, 5.74) is 2.38. The Kier molecular flexibility index (Phi) is 2.71. The lowest BCUT2D eigenvalue weighted by molar-refractivity contribution is 0.340. The number of thiophene rings is 1. The molecule has 1 saturated heterocycles. The van der Waals surface area contributed by atoms with Gasteiger partial charge in [0.25, 0.3) is 0 Å². The molecule has 2 aromatic heterocycles. The van der Waals surface area contributed by atoms with Crippen LogP contribution in [0.25, 0.3) is 11.3 Å². The smallest absolute Gasteiger partial charge is 0.0897 e. The van der Waals surface area contributed by atoms with Crippen molar-refractivity contribution in [3.05, 3.63) is 23.0 Å². The van der Waals surface area contributed by atoms with Gasteiger partial charge in [-0.2, -0.15) is 11.3 Å². The van der Waals surface area contributed by atoms with Gasteiger partial charge in [0.15, 0.2) is 0 Å². The number of aromatic nitrogens is 3. The fourth-order valence-corrected chi connectivity index (χ4v) is 2.83. The first-order chi connectivity index (χ1) is 7.95. The molecule has 0 spiro atoms. The summed E-state index contributed by atoms with van der Waals surface area (Å²) in [4.78, 5) is 0. The lowest BCUT2D eigenvalue weighted by Crippen LogP contribution is -2.30. The van der Waals surface area contributed by atoms with Crippen LogP contribution in [0.15, 0.2) is 23.0 Å². The zero-order valence-electron chi connectivity index (χ0n) is 8.97. The molecule has 3 rings (SSSR count). The summed E-state index contributed by atoms with van der Waals surface area (Å²) in [7, 11) is 0. The van der Waals surface area contributed by atoms with Crippen LogP contribution in [0.5, 0.6) is 0 Å². The van der Waals surface area contributed by atoms with E-state index in [2.05, 4.69) is 37.1 Å². The topological polar surface area (TPSA) is 42.7 Å². The van der Waals surface area contributed by atoms with Crippen molar-refractivity contribution < 1.29 is 0 Å². The molecule has 1 fully saturated rings. The first kappa shape index (κ1) is 9.99. The second-order valence-electron chi connectivity index (χ2n) is 4.06. The van der Waals surface area contributed by atoms with Crippen molar-refractivity contribution in [2.24, 2.45) is 0 Å². The van der Waals surface area contributed by atoms with Gasteiger partial charge < -0.3 is 5.32 Å². The summed E-state index contributed by atoms with van der Waals surface area (Å²) in [6, 6.07) is 2.62. The Morgan fingerprint density at radius 1 is 1.38 bits per heavy atom. The van der Waals surface area contributed by atoms with E-state index >= 15 is 0 Å². The monoisotopic (exact) mass is 234 g/mol. The van der Waals surface area contributed by atoms with Gasteiger partial charge in [-0.15, -0.1) is 5.10 Å². The second kappa shape index (κ2) is 4.35. The molecule has 16 heavy (non-hydrogen) atoms. The van der Waals surface area contributed by atoms with Crippen LogP contribution in [0.2, 0.25) is 0 Å². The quantitative estimate of drug-likeness (QED) is 0.863. The Morgan fingerprint density at radius 2 is 2.25 bits per heavy atom. The molecule has 0 bridgehead atoms. The molecule has 1 aliphatic rings. The second-order valence-corrected chi connectivity index (χ2v) is 4.84. The third-order valence-electron chi connectivity index (χ3n) is 3.05. The van der Waals surface area contributed by atoms with Crippen LogP contribution in [0.4, 0.5) is 0 Å². The van der Waals surface area contributed by atoms with Crippen molar-refractivity contribution in [3.63, 3.8) is 0 Å². The number of nitrogens with one attached hydrogen (secondary N) is 1. The van der Waals surface area contributed by atoms with Gasteiger partial charge in [0.1, 0.15) is 0 Å². The molecule has 0 amide bonds. The zero-order chi connectivity index (χ0) is 10.8. The minimum absolute atomic E-state index is 0.499. The van der Waals surface area contributed by atoms with E-state index in [0.717, 1.165) is 31.6 Å². The molecule has 1 N–H and O–H groups in total. The molecule has 0 unspecified atom stereocenters. The minimum Gasteiger partial charge on any atom is -0.317 e. The van der Waals surface area contributed by atoms with Gasteiger partial charge in [-0.05, 0) is 37.4 Å². The molecule has 1 aliphatic heterocycles. The standard InChI is InChI=1S/C11H14N4S/c1-4-12-5-2-10(1)15-11(7-13-14-15)9-3-6-16-8-9/h3,6-8,10,12H,1-2,4-5H2. The number of hydrogen-bond donors (Lipinski definition) is 1. The molecule has 3 heterocycles. The number of rotatable bonds is 2. The Balaban J connectivity index is 1.92. The summed E-state index contributed by atoms with van der Waals surface area (Å²) in [5, 5.41) is 15.9. The molecule has 0 aliphatic carbocycles. The molecule has 0 aromatic carbocycles. The third-order valence-corrected chi connectivity index (χ3v) is 3.73. The molecule has 84 valence electrons. The van der Waals surface area contributed by atoms with Crippen molar-refractivity contribution >= 4 is 11.3 Å². The maximum atomic E-state index is 4.24. The first-order valence-corrected chi connectivity index (χ1v) is 6.53. The number of piperidine rings is 1. The largest absolute Gasteiger partial charge is 0.317 e. The summed E-state index contributed by atoms with van der Waals surface area (Å²) in [6.45, 7) is 2.15. The Labute approximate surface area is 98.3 Å². The van der Waals surface area contributed by atoms with Crippen LogP contribution in [0.1, 0.15) is 18.9 Å². The predicted octanol–water partition coefficient (Wildman–Crippen LogP) is 1.93. The van der Waals surface area contributed by atoms with Crippen LogP contribution in [0.3, 0.4) is 0 Å². The lowest BCUT2D eigenvalue weighted by atomic mass is 10.1. The fourth-order valence-electron chi connectivity index (χ4n) is 2.18. The maximum absolute atomic E-state index is 4.24. The molecular formula is C11H14N4S. The average molecular weight is 234 g/mol. The van der Waals surface area contributed by atoms with Crippen LogP contribution >= 0.6 is 11.3 Å². The van der Waals surface area contributed by atoms with Gasteiger partial charge in [-0.3, -0.25) is 0 Å². The van der Waals surface area contributed by atoms with Crippen molar-refractivity contribution in [3.8, 4) is 11.3 Å². The fraction of sp³-hybridized carbons (Fsp3) is 0.455. The third kappa shape index (κ3) is 1.76. The first-order valence-electron chi connectivity index (χ1n) is 5.58. The highest BCUT2D eigenvalue weighted by atomic mass is 32.1. The van der Waals surface area contributed by atoms with E-state index in [4.69, 9.17) is 0 Å². The SMILES string of the molecule is c1cc(-c2cnnn2C2CCNCC2)cs1. The molecule has 0 saturated carbocycles. The van der Waals surface area contributed by atoms with Crippen LogP contribution in [-0.4, -0.2) is 28.1 Å². The summed E-state index contributed by atoms with van der Waals surface area (Å²) in [6.07, 6.45) is 4.14. The van der Waals surface area contributed by atoms with E-state index in [9.17, 15) is 0 Å². The van der Waals surface area contributed by atoms with Gasteiger partial charge in [0.2, 0.25) is 0 Å². The van der Waals surface area contributed by atoms with Crippen molar-refractivity contribution in [2.45, 2.75) is 18.9 Å². The molecular weight excluding hydrogens is 220 g/mol. The van der Waals surface area contributed by atoms with Gasteiger partial charge in [-0.1, -0.05) is 5.21 Å². The van der Waals surface area contributed by atoms with Crippen molar-refractivity contribution in [1.82, 2.24) is 20.3 Å². The zero-order valence-corrected chi connectivity index (χ0v) is 9.78. The normalized spacial score (nSPS) is 17.8. The van der Waals surface area contributed by atoms with Crippen LogP contribution in [-0.2, 0) is 0 Å². The molecule has 5 heteroatoms.